The number of tetrazole rings is 1. The van der Waals surface area contributed by atoms with E-state index in [2.05, 4.69) is 103 Å². The zero-order valence-electron chi connectivity index (χ0n) is 33.7. The number of aromatic nitrogens is 4. The van der Waals surface area contributed by atoms with Crippen LogP contribution < -0.4 is 11.1 Å². The summed E-state index contributed by atoms with van der Waals surface area (Å²) >= 11 is 0. The van der Waals surface area contributed by atoms with Gasteiger partial charge in [-0.05, 0) is 109 Å². The predicted molar refractivity (Wildman–Crippen MR) is 201 cm³/mol. The maximum Gasteiger partial charge on any atom is 0.307 e. The van der Waals surface area contributed by atoms with Crippen molar-refractivity contribution in [3.63, 3.8) is 0 Å². The van der Waals surface area contributed by atoms with Gasteiger partial charge in [0.2, 0.25) is 0 Å². The van der Waals surface area contributed by atoms with Gasteiger partial charge in [0.15, 0.2) is 0 Å². The van der Waals surface area contributed by atoms with Crippen LogP contribution in [0.1, 0.15) is 134 Å². The first kappa shape index (κ1) is 38.7. The van der Waals surface area contributed by atoms with Crippen LogP contribution in [-0.4, -0.2) is 69.3 Å². The van der Waals surface area contributed by atoms with E-state index in [1.165, 1.54) is 5.57 Å². The van der Waals surface area contributed by atoms with E-state index in [0.29, 0.717) is 43.5 Å². The molecule has 0 amide bonds. The zero-order valence-corrected chi connectivity index (χ0v) is 33.7. The van der Waals surface area contributed by atoms with Crippen LogP contribution in [-0.2, 0) is 14.3 Å². The number of allylic oxidation sites excluding steroid dienone is 1. The number of unbranched alkanes of at least 4 members (excludes halogenated alkanes) is 1. The van der Waals surface area contributed by atoms with Crippen molar-refractivity contribution in [1.29, 1.82) is 0 Å². The van der Waals surface area contributed by atoms with Crippen LogP contribution in [0.4, 0.5) is 5.95 Å². The number of rotatable bonds is 12. The molecule has 1 aliphatic heterocycles. The summed E-state index contributed by atoms with van der Waals surface area (Å²) < 4.78 is 14.0. The number of nitrogen functional groups attached to an aromatic ring is 1. The number of nitrogens with one attached hydrogen (secondary N) is 1. The van der Waals surface area contributed by atoms with E-state index in [9.17, 15) is 9.90 Å². The lowest BCUT2D eigenvalue weighted by Gasteiger charge is -2.71. The molecule has 1 aromatic rings. The van der Waals surface area contributed by atoms with Gasteiger partial charge in [0.25, 0.3) is 5.95 Å². The molecular formula is C41H70N6O4. The van der Waals surface area contributed by atoms with Gasteiger partial charge in [-0.1, -0.05) is 92.4 Å². The van der Waals surface area contributed by atoms with E-state index >= 15 is 0 Å². The van der Waals surface area contributed by atoms with Gasteiger partial charge < -0.3 is 25.6 Å². The third kappa shape index (κ3) is 5.73. The van der Waals surface area contributed by atoms with Crippen molar-refractivity contribution >= 4 is 11.9 Å². The molecule has 5 aliphatic rings. The summed E-state index contributed by atoms with van der Waals surface area (Å²) in [7, 11) is 0. The van der Waals surface area contributed by atoms with E-state index in [4.69, 9.17) is 15.2 Å². The van der Waals surface area contributed by atoms with Gasteiger partial charge >= 0.3 is 5.97 Å². The quantitative estimate of drug-likeness (QED) is 0.148. The van der Waals surface area contributed by atoms with Gasteiger partial charge in [-0.3, -0.25) is 4.79 Å². The van der Waals surface area contributed by atoms with E-state index < -0.39 is 11.9 Å². The fraction of sp³-hybridized carbons (Fsp3) is 0.902. The number of ether oxygens (including phenoxy) is 2. The summed E-state index contributed by atoms with van der Waals surface area (Å²) in [5.74, 6) is 0.895. The molecule has 288 valence electrons. The molecular weight excluding hydrogens is 640 g/mol. The van der Waals surface area contributed by atoms with Crippen molar-refractivity contribution in [2.24, 2.45) is 62.6 Å². The zero-order chi connectivity index (χ0) is 37.4. The average molecular weight is 711 g/mol. The molecule has 2 bridgehead atoms. The topological polar surface area (TPSA) is 137 Å². The lowest BCUT2D eigenvalue weighted by atomic mass is 9.34. The fourth-order valence-corrected chi connectivity index (χ4v) is 12.7. The van der Waals surface area contributed by atoms with Crippen LogP contribution in [0, 0.1) is 62.6 Å². The minimum atomic E-state index is -0.624. The van der Waals surface area contributed by atoms with Crippen LogP contribution in [0.15, 0.2) is 11.6 Å². The number of carboxylic acids is 1. The Morgan fingerprint density at radius 1 is 1.14 bits per heavy atom. The molecule has 3 saturated carbocycles. The molecule has 12 atom stereocenters. The number of aliphatic carboxylic acids is 1. The molecule has 4 fully saturated rings. The number of anilines is 1. The molecule has 4 N–H and O–H groups in total. The van der Waals surface area contributed by atoms with Crippen LogP contribution in [0.5, 0.6) is 0 Å². The monoisotopic (exact) mass is 711 g/mol. The Kier molecular flexibility index (Phi) is 10.1. The van der Waals surface area contributed by atoms with Crippen LogP contribution in [0.3, 0.4) is 0 Å². The van der Waals surface area contributed by atoms with E-state index in [0.717, 1.165) is 57.9 Å². The highest BCUT2D eigenvalue weighted by molar-refractivity contribution is 5.73. The summed E-state index contributed by atoms with van der Waals surface area (Å²) in [4.78, 5) is 15.2. The first-order valence-corrected chi connectivity index (χ1v) is 20.3. The van der Waals surface area contributed by atoms with Gasteiger partial charge in [-0.25, -0.2) is 0 Å². The minimum absolute atomic E-state index is 0.147. The maximum absolute atomic E-state index is 13.5. The van der Waals surface area contributed by atoms with Gasteiger partial charge in [0.1, 0.15) is 6.04 Å². The normalized spacial score (nSPS) is 42.4. The van der Waals surface area contributed by atoms with E-state index in [-0.39, 0.29) is 56.6 Å². The average Bonchev–Trinajstić information content (AvgIpc) is 3.49. The third-order valence-electron chi connectivity index (χ3n) is 16.7. The standard InChI is InChI=1S/C41H70N6O4/c1-12-13-20-43-40(11,26(4)5)23-51-33-30(47-45-35(42)44-46-47)21-41-24-50-22-37(33,8)31(41)15-14-28-29(41)16-17-39(10)32(34(48)49)36(7,27(6)25(2)3)18-19-38(28,39)9/h16,25-28,30-33,43H,12-15,17-24H2,1-11H3,(H2,42,45)(H,48,49)/t27-,28+,30-,31+,32-,33+,36-,37-,38-,39+,40+,41+/m1/s1. The minimum Gasteiger partial charge on any atom is -0.481 e. The van der Waals surface area contributed by atoms with Gasteiger partial charge in [0, 0.05) is 16.4 Å². The largest absolute Gasteiger partial charge is 0.481 e. The van der Waals surface area contributed by atoms with Crippen molar-refractivity contribution < 1.29 is 19.4 Å². The van der Waals surface area contributed by atoms with Gasteiger partial charge in [0.05, 0.1) is 31.8 Å². The van der Waals surface area contributed by atoms with Crippen LogP contribution in [0.2, 0.25) is 0 Å². The molecule has 0 spiro atoms. The number of nitrogens with zero attached hydrogens (tertiary/aromatic N) is 4. The molecule has 0 aromatic carbocycles. The maximum atomic E-state index is 13.5. The number of nitrogens with two attached hydrogens (primary N) is 1. The summed E-state index contributed by atoms with van der Waals surface area (Å²) in [5.41, 5.74) is 6.14. The second kappa shape index (κ2) is 13.4. The molecule has 1 saturated heterocycles. The molecule has 6 rings (SSSR count). The van der Waals surface area contributed by atoms with Crippen molar-refractivity contribution in [3.05, 3.63) is 11.6 Å². The molecule has 4 aliphatic carbocycles. The highest BCUT2D eigenvalue weighted by atomic mass is 16.5. The highest BCUT2D eigenvalue weighted by Gasteiger charge is 2.72. The van der Waals surface area contributed by atoms with Crippen molar-refractivity contribution in [3.8, 4) is 0 Å². The lowest BCUT2D eigenvalue weighted by molar-refractivity contribution is -0.254. The number of carboxylic acid groups (broad SMARTS) is 1. The second-order valence-electron chi connectivity index (χ2n) is 19.7. The Morgan fingerprint density at radius 3 is 2.47 bits per heavy atom. The van der Waals surface area contributed by atoms with Crippen LogP contribution in [0.25, 0.3) is 0 Å². The van der Waals surface area contributed by atoms with Crippen molar-refractivity contribution in [2.75, 3.05) is 32.1 Å². The van der Waals surface area contributed by atoms with Gasteiger partial charge in [-0.15, -0.1) is 5.10 Å². The SMILES string of the molecule is CCCCN[C@@](C)(CO[C@H]1[C@H](n2nnc(N)n2)C[C@@]23COC[C@]1(C)[C@@H]2CC[C@H]1C3=CC[C@@]2(C)[C@H](C(=O)O)[C@@](C)([C@H](C)C(C)C)CC[C@]12C)C(C)C. The Balaban J connectivity index is 1.41. The second-order valence-corrected chi connectivity index (χ2v) is 19.7. The van der Waals surface area contributed by atoms with E-state index in [1.807, 2.05) is 0 Å². The lowest BCUT2D eigenvalue weighted by Crippen LogP contribution is -2.69. The molecule has 51 heavy (non-hydrogen) atoms. The molecule has 10 heteroatoms. The first-order valence-electron chi connectivity index (χ1n) is 20.3. The summed E-state index contributed by atoms with van der Waals surface area (Å²) in [6.45, 7) is 28.1. The molecule has 0 unspecified atom stereocenters. The summed E-state index contributed by atoms with van der Waals surface area (Å²) in [5, 5.41) is 28.2. The fourth-order valence-electron chi connectivity index (χ4n) is 12.7. The predicted octanol–water partition coefficient (Wildman–Crippen LogP) is 7.57. The van der Waals surface area contributed by atoms with Crippen molar-refractivity contribution in [1.82, 2.24) is 25.5 Å². The molecule has 1 aromatic heterocycles. The molecule has 0 radical (unpaired) electrons. The number of hydrogen-bond donors (Lipinski definition) is 3. The molecule has 2 heterocycles. The Labute approximate surface area is 307 Å². The smallest absolute Gasteiger partial charge is 0.307 e. The number of hydrogen-bond acceptors (Lipinski definition) is 8. The molecule has 10 nitrogen and oxygen atoms in total. The Bertz CT molecular complexity index is 1480. The van der Waals surface area contributed by atoms with E-state index in [1.54, 1.807) is 4.80 Å². The Morgan fingerprint density at radius 2 is 1.86 bits per heavy atom. The number of fused-ring (bicyclic) bond motifs is 3. The van der Waals surface area contributed by atoms with Crippen molar-refractivity contribution in [2.45, 2.75) is 145 Å². The first-order chi connectivity index (χ1) is 23.8. The highest BCUT2D eigenvalue weighted by Crippen LogP contribution is 2.75. The summed E-state index contributed by atoms with van der Waals surface area (Å²) in [6, 6.07) is -0.166. The van der Waals surface area contributed by atoms with Gasteiger partial charge in [-0.2, -0.15) is 4.80 Å². The third-order valence-corrected chi connectivity index (χ3v) is 16.7. The Hall–Kier alpha value is -2.04. The number of carbonyl (C=O) groups is 1. The van der Waals surface area contributed by atoms with Crippen LogP contribution >= 0.6 is 0 Å². The summed E-state index contributed by atoms with van der Waals surface area (Å²) in [6.07, 6.45) is 10.3.